The van der Waals surface area contributed by atoms with Gasteiger partial charge >= 0.3 is 0 Å². The van der Waals surface area contributed by atoms with Gasteiger partial charge in [0.15, 0.2) is 0 Å². The summed E-state index contributed by atoms with van der Waals surface area (Å²) < 4.78 is 54.4. The van der Waals surface area contributed by atoms with Crippen molar-refractivity contribution in [3.63, 3.8) is 0 Å². The van der Waals surface area contributed by atoms with E-state index in [1.54, 1.807) is 6.07 Å². The zero-order chi connectivity index (χ0) is 22.9. The second-order valence-electron chi connectivity index (χ2n) is 7.45. The molecule has 0 unspecified atom stereocenters. The Morgan fingerprint density at radius 3 is 2.34 bits per heavy atom. The molecule has 3 aromatic carbocycles. The zero-order valence-corrected chi connectivity index (χ0v) is 18.3. The summed E-state index contributed by atoms with van der Waals surface area (Å²) in [6, 6.07) is 14.6. The molecular weight excluding hydrogens is 458 g/mol. The summed E-state index contributed by atoms with van der Waals surface area (Å²) in [5, 5.41) is 2.87. The number of carbonyl (C=O) groups excluding carboxylic acids is 1. The molecule has 0 saturated heterocycles. The Hall–Kier alpha value is -2.81. The quantitative estimate of drug-likeness (QED) is 0.604. The molecule has 0 spiro atoms. The topological polar surface area (TPSA) is 66.5 Å². The van der Waals surface area contributed by atoms with E-state index in [0.717, 1.165) is 33.6 Å². The highest BCUT2D eigenvalue weighted by Crippen LogP contribution is 2.29. The monoisotopic (exact) mass is 476 g/mol. The molecule has 1 aliphatic rings. The minimum atomic E-state index is -4.08. The van der Waals surface area contributed by atoms with Crippen LogP contribution in [-0.2, 0) is 34.3 Å². The van der Waals surface area contributed by atoms with Gasteiger partial charge in [0, 0.05) is 18.1 Å². The third-order valence-corrected chi connectivity index (χ3v) is 7.62. The number of sulfonamides is 1. The van der Waals surface area contributed by atoms with Crippen LogP contribution in [0, 0.1) is 11.6 Å². The predicted molar refractivity (Wildman–Crippen MR) is 116 cm³/mol. The van der Waals surface area contributed by atoms with Crippen LogP contribution in [0.2, 0.25) is 5.02 Å². The van der Waals surface area contributed by atoms with Gasteiger partial charge in [-0.2, -0.15) is 4.31 Å². The number of fused-ring (bicyclic) bond motifs is 1. The minimum Gasteiger partial charge on any atom is -0.351 e. The van der Waals surface area contributed by atoms with Crippen molar-refractivity contribution in [3.05, 3.63) is 100 Å². The van der Waals surface area contributed by atoms with Crippen molar-refractivity contribution in [1.82, 2.24) is 9.62 Å². The molecule has 1 N–H and O–H groups in total. The average molecular weight is 477 g/mol. The number of halogens is 3. The van der Waals surface area contributed by atoms with Crippen LogP contribution in [-0.4, -0.2) is 24.7 Å². The van der Waals surface area contributed by atoms with Crippen LogP contribution in [0.25, 0.3) is 0 Å². The predicted octanol–water partition coefficient (Wildman–Crippen LogP) is 4.05. The van der Waals surface area contributed by atoms with Gasteiger partial charge in [-0.05, 0) is 59.5 Å². The smallest absolute Gasteiger partial charge is 0.244 e. The van der Waals surface area contributed by atoms with Gasteiger partial charge in [0.25, 0.3) is 0 Å². The lowest BCUT2D eigenvalue weighted by molar-refractivity contribution is -0.125. The van der Waals surface area contributed by atoms with Crippen molar-refractivity contribution in [1.29, 1.82) is 0 Å². The van der Waals surface area contributed by atoms with E-state index in [1.807, 2.05) is 18.2 Å². The molecule has 3 aromatic rings. The summed E-state index contributed by atoms with van der Waals surface area (Å²) in [5.74, 6) is -1.56. The first kappa shape index (κ1) is 22.4. The average Bonchev–Trinajstić information content (AvgIpc) is 2.77. The van der Waals surface area contributed by atoms with E-state index in [-0.39, 0.29) is 29.4 Å². The molecule has 166 valence electrons. The number of hydrogen-bond acceptors (Lipinski definition) is 3. The van der Waals surface area contributed by atoms with Crippen molar-refractivity contribution < 1.29 is 22.0 Å². The second-order valence-corrected chi connectivity index (χ2v) is 9.74. The van der Waals surface area contributed by atoms with Crippen LogP contribution in [0.15, 0.2) is 71.6 Å². The van der Waals surface area contributed by atoms with E-state index < -0.39 is 33.6 Å². The molecule has 0 aliphatic carbocycles. The first-order chi connectivity index (χ1) is 15.3. The molecule has 1 atom stereocenters. The first-order valence-corrected chi connectivity index (χ1v) is 11.6. The van der Waals surface area contributed by atoms with Gasteiger partial charge in [0.1, 0.15) is 17.7 Å². The molecule has 0 fully saturated rings. The van der Waals surface area contributed by atoms with Crippen molar-refractivity contribution >= 4 is 27.5 Å². The van der Waals surface area contributed by atoms with E-state index in [0.29, 0.717) is 5.56 Å². The Labute approximate surface area is 189 Å². The second kappa shape index (κ2) is 8.97. The Kier molecular flexibility index (Phi) is 6.28. The van der Waals surface area contributed by atoms with Crippen molar-refractivity contribution in [2.75, 3.05) is 0 Å². The maximum absolute atomic E-state index is 13.3. The first-order valence-electron chi connectivity index (χ1n) is 9.81. The fourth-order valence-corrected chi connectivity index (χ4v) is 5.48. The highest BCUT2D eigenvalue weighted by molar-refractivity contribution is 7.89. The number of hydrogen-bond donors (Lipinski definition) is 1. The van der Waals surface area contributed by atoms with Crippen LogP contribution < -0.4 is 5.32 Å². The summed E-state index contributed by atoms with van der Waals surface area (Å²) in [7, 11) is -4.08. The summed E-state index contributed by atoms with van der Waals surface area (Å²) in [6.45, 7) is 0.0196. The Morgan fingerprint density at radius 2 is 1.66 bits per heavy atom. The standard InChI is InChI=1S/C23H19ClF2N2O3S/c24-21-12-19(26)6-5-16(21)13-27-23(29)22-11-15-3-1-2-4-17(15)14-28(22)32(30,31)20-9-7-18(25)8-10-20/h1-10,12,22H,11,13-14H2,(H,27,29)/t22-/m0/s1. The molecule has 5 nitrogen and oxygen atoms in total. The third kappa shape index (κ3) is 4.53. The van der Waals surface area contributed by atoms with Gasteiger partial charge in [0.05, 0.1) is 4.90 Å². The zero-order valence-electron chi connectivity index (χ0n) is 16.8. The summed E-state index contributed by atoms with van der Waals surface area (Å²) >= 11 is 6.03. The van der Waals surface area contributed by atoms with Crippen LogP contribution in [0.3, 0.4) is 0 Å². The highest BCUT2D eigenvalue weighted by atomic mass is 35.5. The van der Waals surface area contributed by atoms with Gasteiger partial charge in [-0.1, -0.05) is 41.9 Å². The molecule has 0 radical (unpaired) electrons. The lowest BCUT2D eigenvalue weighted by Gasteiger charge is -2.35. The molecule has 9 heteroatoms. The molecule has 0 aromatic heterocycles. The lowest BCUT2D eigenvalue weighted by Crippen LogP contribution is -2.52. The number of nitrogens with zero attached hydrogens (tertiary/aromatic N) is 1. The van der Waals surface area contributed by atoms with E-state index in [2.05, 4.69) is 5.32 Å². The number of amides is 1. The normalized spacial score (nSPS) is 16.4. The van der Waals surface area contributed by atoms with Crippen molar-refractivity contribution in [2.45, 2.75) is 30.4 Å². The Bertz CT molecular complexity index is 1270. The summed E-state index contributed by atoms with van der Waals surface area (Å²) in [4.78, 5) is 13.0. The maximum Gasteiger partial charge on any atom is 0.244 e. The molecular formula is C23H19ClF2N2O3S. The van der Waals surface area contributed by atoms with Gasteiger partial charge in [-0.3, -0.25) is 4.79 Å². The van der Waals surface area contributed by atoms with E-state index in [9.17, 15) is 22.0 Å². The van der Waals surface area contributed by atoms with E-state index in [1.165, 1.54) is 24.3 Å². The Morgan fingerprint density at radius 1 is 1.00 bits per heavy atom. The van der Waals surface area contributed by atoms with Crippen molar-refractivity contribution in [2.24, 2.45) is 0 Å². The number of carbonyl (C=O) groups is 1. The largest absolute Gasteiger partial charge is 0.351 e. The molecule has 1 aliphatic heterocycles. The molecule has 1 heterocycles. The fourth-order valence-electron chi connectivity index (χ4n) is 3.68. The third-order valence-electron chi connectivity index (χ3n) is 5.40. The fraction of sp³-hybridized carbons (Fsp3) is 0.174. The van der Waals surface area contributed by atoms with Crippen molar-refractivity contribution in [3.8, 4) is 0 Å². The Balaban J connectivity index is 1.64. The van der Waals surface area contributed by atoms with Crippen LogP contribution in [0.1, 0.15) is 16.7 Å². The summed E-state index contributed by atoms with van der Waals surface area (Å²) in [6.07, 6.45) is 0.180. The molecule has 0 saturated carbocycles. The highest BCUT2D eigenvalue weighted by Gasteiger charge is 2.39. The van der Waals surface area contributed by atoms with Gasteiger partial charge in [-0.15, -0.1) is 0 Å². The van der Waals surface area contributed by atoms with Crippen LogP contribution in [0.5, 0.6) is 0 Å². The minimum absolute atomic E-state index is 0.00523. The van der Waals surface area contributed by atoms with E-state index >= 15 is 0 Å². The van der Waals surface area contributed by atoms with Gasteiger partial charge < -0.3 is 5.32 Å². The number of rotatable bonds is 5. The summed E-state index contributed by atoms with van der Waals surface area (Å²) in [5.41, 5.74) is 2.17. The number of nitrogens with one attached hydrogen (secondary N) is 1. The van der Waals surface area contributed by atoms with Gasteiger partial charge in [0.2, 0.25) is 15.9 Å². The van der Waals surface area contributed by atoms with Crippen LogP contribution >= 0.6 is 11.6 Å². The van der Waals surface area contributed by atoms with Crippen LogP contribution in [0.4, 0.5) is 8.78 Å². The molecule has 1 amide bonds. The SMILES string of the molecule is O=C(NCc1ccc(F)cc1Cl)[C@@H]1Cc2ccccc2CN1S(=O)(=O)c1ccc(F)cc1. The lowest BCUT2D eigenvalue weighted by atomic mass is 9.95. The molecule has 4 rings (SSSR count). The van der Waals surface area contributed by atoms with Gasteiger partial charge in [-0.25, -0.2) is 17.2 Å². The molecule has 0 bridgehead atoms. The maximum atomic E-state index is 13.3. The molecule has 32 heavy (non-hydrogen) atoms. The number of benzene rings is 3. The van der Waals surface area contributed by atoms with E-state index in [4.69, 9.17) is 11.6 Å².